The minimum Gasteiger partial charge on any atom is -0.362 e. The fraction of sp³-hybridized carbons (Fsp3) is 0.412. The molecule has 0 fully saturated rings. The van der Waals surface area contributed by atoms with Crippen molar-refractivity contribution in [3.63, 3.8) is 0 Å². The Kier molecular flexibility index (Phi) is 6.86. The first-order valence-electron chi connectivity index (χ1n) is 7.91. The summed E-state index contributed by atoms with van der Waals surface area (Å²) < 4.78 is 1.83. The molecule has 4 nitrogen and oxygen atoms in total. The molecule has 0 bridgehead atoms. The van der Waals surface area contributed by atoms with Crippen molar-refractivity contribution < 1.29 is 0 Å². The van der Waals surface area contributed by atoms with Crippen LogP contribution in [-0.4, -0.2) is 21.4 Å². The van der Waals surface area contributed by atoms with E-state index in [9.17, 15) is 0 Å². The van der Waals surface area contributed by atoms with Crippen LogP contribution in [0, 0.1) is 0 Å². The number of benzene rings is 1. The van der Waals surface area contributed by atoms with E-state index < -0.39 is 0 Å². The molecule has 1 aromatic carbocycles. The molecule has 23 heavy (non-hydrogen) atoms. The molecule has 0 radical (unpaired) electrons. The highest BCUT2D eigenvalue weighted by Gasteiger charge is 2.03. The second kappa shape index (κ2) is 8.89. The SMILES string of the molecule is CCC(C)c1ccc(NC(=S)NCCCn2cc(Cl)cn2)cc1. The standard InChI is InChI=1S/C17H23ClN4S/c1-3-13(2)14-5-7-16(8-6-14)21-17(23)19-9-4-10-22-12-15(18)11-20-22/h5-8,11-13H,3-4,9-10H2,1-2H3,(H2,19,21,23). The summed E-state index contributed by atoms with van der Waals surface area (Å²) >= 11 is 11.1. The summed E-state index contributed by atoms with van der Waals surface area (Å²) in [6.07, 6.45) is 5.53. The molecule has 6 heteroatoms. The van der Waals surface area contributed by atoms with Crippen molar-refractivity contribution in [2.75, 3.05) is 11.9 Å². The molecule has 0 amide bonds. The molecule has 2 aromatic rings. The largest absolute Gasteiger partial charge is 0.362 e. The molecule has 1 unspecified atom stereocenters. The first-order valence-corrected chi connectivity index (χ1v) is 8.70. The van der Waals surface area contributed by atoms with Crippen LogP contribution in [0.4, 0.5) is 5.69 Å². The summed E-state index contributed by atoms with van der Waals surface area (Å²) in [4.78, 5) is 0. The number of anilines is 1. The zero-order valence-electron chi connectivity index (χ0n) is 13.6. The Bertz CT molecular complexity index is 624. The number of nitrogens with zero attached hydrogens (tertiary/aromatic N) is 2. The van der Waals surface area contributed by atoms with Crippen LogP contribution in [0.5, 0.6) is 0 Å². The van der Waals surface area contributed by atoms with E-state index in [0.29, 0.717) is 16.1 Å². The predicted molar refractivity (Wildman–Crippen MR) is 101 cm³/mol. The van der Waals surface area contributed by atoms with Crippen LogP contribution in [0.25, 0.3) is 0 Å². The molecular weight excluding hydrogens is 328 g/mol. The van der Waals surface area contributed by atoms with Crippen molar-refractivity contribution in [3.8, 4) is 0 Å². The van der Waals surface area contributed by atoms with E-state index in [1.54, 1.807) is 6.20 Å². The monoisotopic (exact) mass is 350 g/mol. The maximum absolute atomic E-state index is 5.82. The van der Waals surface area contributed by atoms with Crippen molar-refractivity contribution in [2.24, 2.45) is 0 Å². The van der Waals surface area contributed by atoms with Crippen LogP contribution < -0.4 is 10.6 Å². The van der Waals surface area contributed by atoms with E-state index in [4.69, 9.17) is 23.8 Å². The molecule has 2 N–H and O–H groups in total. The fourth-order valence-corrected chi connectivity index (χ4v) is 2.59. The predicted octanol–water partition coefficient (Wildman–Crippen LogP) is 4.43. The summed E-state index contributed by atoms with van der Waals surface area (Å²) in [5.74, 6) is 0.588. The lowest BCUT2D eigenvalue weighted by Gasteiger charge is -2.13. The lowest BCUT2D eigenvalue weighted by Crippen LogP contribution is -2.29. The zero-order valence-corrected chi connectivity index (χ0v) is 15.1. The summed E-state index contributed by atoms with van der Waals surface area (Å²) in [5.41, 5.74) is 2.36. The second-order valence-corrected chi connectivity index (χ2v) is 6.43. The van der Waals surface area contributed by atoms with Gasteiger partial charge >= 0.3 is 0 Å². The Hall–Kier alpha value is -1.59. The third kappa shape index (κ3) is 5.84. The zero-order chi connectivity index (χ0) is 16.7. The summed E-state index contributed by atoms with van der Waals surface area (Å²) in [5, 5.41) is 11.8. The van der Waals surface area contributed by atoms with Crippen LogP contribution in [0.2, 0.25) is 5.02 Å². The number of aryl methyl sites for hydroxylation is 1. The Morgan fingerprint density at radius 2 is 2.09 bits per heavy atom. The molecule has 1 atom stereocenters. The number of nitrogens with one attached hydrogen (secondary N) is 2. The van der Waals surface area contributed by atoms with Gasteiger partial charge in [-0.05, 0) is 48.7 Å². The summed E-state index contributed by atoms with van der Waals surface area (Å²) in [6, 6.07) is 8.45. The molecule has 0 aliphatic rings. The van der Waals surface area contributed by atoms with Gasteiger partial charge in [0.15, 0.2) is 5.11 Å². The number of rotatable bonds is 7. The van der Waals surface area contributed by atoms with Gasteiger partial charge in [0.05, 0.1) is 11.2 Å². The molecule has 0 aliphatic carbocycles. The lowest BCUT2D eigenvalue weighted by molar-refractivity contribution is 0.574. The molecular formula is C17H23ClN4S. The lowest BCUT2D eigenvalue weighted by atomic mass is 9.99. The molecule has 124 valence electrons. The normalized spacial score (nSPS) is 12.0. The fourth-order valence-electron chi connectivity index (χ4n) is 2.21. The van der Waals surface area contributed by atoms with E-state index in [2.05, 4.69) is 53.8 Å². The van der Waals surface area contributed by atoms with Gasteiger partial charge in [-0.1, -0.05) is 37.6 Å². The van der Waals surface area contributed by atoms with E-state index in [0.717, 1.165) is 31.6 Å². The Morgan fingerprint density at radius 1 is 1.35 bits per heavy atom. The van der Waals surface area contributed by atoms with Crippen molar-refractivity contribution in [1.29, 1.82) is 0 Å². The van der Waals surface area contributed by atoms with Gasteiger partial charge in [0, 0.05) is 25.0 Å². The van der Waals surface area contributed by atoms with Gasteiger partial charge in [0.1, 0.15) is 0 Å². The highest BCUT2D eigenvalue weighted by molar-refractivity contribution is 7.80. The van der Waals surface area contributed by atoms with E-state index in [1.165, 1.54) is 5.56 Å². The Morgan fingerprint density at radius 3 is 2.70 bits per heavy atom. The average Bonchev–Trinajstić information content (AvgIpc) is 2.97. The van der Waals surface area contributed by atoms with Crippen molar-refractivity contribution >= 4 is 34.6 Å². The summed E-state index contributed by atoms with van der Waals surface area (Å²) in [6.45, 7) is 6.04. The third-order valence-electron chi connectivity index (χ3n) is 3.80. The number of halogens is 1. The van der Waals surface area contributed by atoms with Gasteiger partial charge in [-0.3, -0.25) is 4.68 Å². The first-order chi connectivity index (χ1) is 11.1. The van der Waals surface area contributed by atoms with Gasteiger partial charge in [-0.2, -0.15) is 5.10 Å². The Balaban J connectivity index is 1.70. The summed E-state index contributed by atoms with van der Waals surface area (Å²) in [7, 11) is 0. The van der Waals surface area contributed by atoms with Gasteiger partial charge < -0.3 is 10.6 Å². The third-order valence-corrected chi connectivity index (χ3v) is 4.24. The molecule has 0 saturated heterocycles. The van der Waals surface area contributed by atoms with Gasteiger partial charge in [-0.25, -0.2) is 0 Å². The molecule has 0 aliphatic heterocycles. The first kappa shape index (κ1) is 17.8. The van der Waals surface area contributed by atoms with Crippen molar-refractivity contribution in [3.05, 3.63) is 47.2 Å². The molecule has 0 spiro atoms. The smallest absolute Gasteiger partial charge is 0.170 e. The Labute approximate surface area is 148 Å². The van der Waals surface area contributed by atoms with Crippen LogP contribution in [0.3, 0.4) is 0 Å². The van der Waals surface area contributed by atoms with Gasteiger partial charge in [0.2, 0.25) is 0 Å². The molecule has 0 saturated carbocycles. The average molecular weight is 351 g/mol. The van der Waals surface area contributed by atoms with E-state index >= 15 is 0 Å². The maximum Gasteiger partial charge on any atom is 0.170 e. The van der Waals surface area contributed by atoms with Gasteiger partial charge in [0.25, 0.3) is 0 Å². The number of thiocarbonyl (C=S) groups is 1. The van der Waals surface area contributed by atoms with Crippen LogP contribution in [0.1, 0.15) is 38.2 Å². The quantitative estimate of drug-likeness (QED) is 0.572. The van der Waals surface area contributed by atoms with Crippen molar-refractivity contribution in [2.45, 2.75) is 39.2 Å². The van der Waals surface area contributed by atoms with Crippen LogP contribution in [0.15, 0.2) is 36.7 Å². The number of aromatic nitrogens is 2. The topological polar surface area (TPSA) is 41.9 Å². The highest BCUT2D eigenvalue weighted by Crippen LogP contribution is 2.20. The van der Waals surface area contributed by atoms with Crippen molar-refractivity contribution in [1.82, 2.24) is 15.1 Å². The number of hydrogen-bond acceptors (Lipinski definition) is 2. The number of hydrogen-bond donors (Lipinski definition) is 2. The van der Waals surface area contributed by atoms with E-state index in [-0.39, 0.29) is 0 Å². The van der Waals surface area contributed by atoms with E-state index in [1.807, 2.05) is 10.9 Å². The van der Waals surface area contributed by atoms with Crippen LogP contribution in [-0.2, 0) is 6.54 Å². The second-order valence-electron chi connectivity index (χ2n) is 5.59. The molecule has 2 rings (SSSR count). The minimum atomic E-state index is 0.588. The maximum atomic E-state index is 5.82. The molecule has 1 heterocycles. The minimum absolute atomic E-state index is 0.588. The van der Waals surface area contributed by atoms with Gasteiger partial charge in [-0.15, -0.1) is 0 Å². The molecule has 1 aromatic heterocycles. The van der Waals surface area contributed by atoms with Crippen LogP contribution >= 0.6 is 23.8 Å². The highest BCUT2D eigenvalue weighted by atomic mass is 35.5.